The third kappa shape index (κ3) is 4.05. The van der Waals surface area contributed by atoms with E-state index in [0.29, 0.717) is 5.56 Å². The van der Waals surface area contributed by atoms with Crippen LogP contribution < -0.4 is 9.86 Å². The molecule has 0 aromatic heterocycles. The maximum absolute atomic E-state index is 11.5. The zero-order valence-electron chi connectivity index (χ0n) is 10.1. The molecule has 1 aromatic carbocycles. The highest BCUT2D eigenvalue weighted by atomic mass is 32.2. The average Bonchev–Trinajstić information content (AvgIpc) is 2.25. The Balaban J connectivity index is 2.78. The molecule has 0 fully saturated rings. The van der Waals surface area contributed by atoms with Crippen molar-refractivity contribution in [1.82, 2.24) is 4.72 Å². The van der Waals surface area contributed by atoms with E-state index in [2.05, 4.69) is 4.72 Å². The topological polar surface area (TPSA) is 106 Å². The van der Waals surface area contributed by atoms with Crippen LogP contribution in [0.4, 0.5) is 0 Å². The van der Waals surface area contributed by atoms with Crippen molar-refractivity contribution >= 4 is 20.0 Å². The van der Waals surface area contributed by atoms with Gasteiger partial charge in [0.05, 0.1) is 10.1 Å². The summed E-state index contributed by atoms with van der Waals surface area (Å²) in [5.74, 6) is 0. The van der Waals surface area contributed by atoms with E-state index in [1.807, 2.05) is 0 Å². The van der Waals surface area contributed by atoms with Gasteiger partial charge in [-0.05, 0) is 31.5 Å². The molecule has 1 rings (SSSR count). The molecule has 0 aliphatic carbocycles. The lowest BCUT2D eigenvalue weighted by molar-refractivity contribution is 0.572. The summed E-state index contributed by atoms with van der Waals surface area (Å²) in [6, 6.07) is 5.72. The monoisotopic (exact) mass is 292 g/mol. The highest BCUT2D eigenvalue weighted by molar-refractivity contribution is 7.90. The first-order valence-electron chi connectivity index (χ1n) is 5.23. The molecule has 0 radical (unpaired) electrons. The predicted molar refractivity (Wildman–Crippen MR) is 68.7 cm³/mol. The Hall–Kier alpha value is -0.960. The molecule has 0 spiro atoms. The molecule has 102 valence electrons. The predicted octanol–water partition coefficient (Wildman–Crippen LogP) is 0.162. The molecule has 3 N–H and O–H groups in total. The van der Waals surface area contributed by atoms with Crippen molar-refractivity contribution in [2.45, 2.75) is 30.5 Å². The van der Waals surface area contributed by atoms with Crippen LogP contribution in [0, 0.1) is 0 Å². The number of sulfonamides is 2. The second-order valence-electron chi connectivity index (χ2n) is 4.10. The lowest BCUT2D eigenvalue weighted by Crippen LogP contribution is -2.30. The first kappa shape index (κ1) is 15.1. The zero-order chi connectivity index (χ0) is 14.0. The van der Waals surface area contributed by atoms with Crippen LogP contribution in [0.5, 0.6) is 0 Å². The highest BCUT2D eigenvalue weighted by Gasteiger charge is 2.15. The maximum atomic E-state index is 11.5. The fourth-order valence-corrected chi connectivity index (χ4v) is 2.36. The van der Waals surface area contributed by atoms with Crippen LogP contribution >= 0.6 is 0 Å². The molecule has 0 aliphatic rings. The summed E-state index contributed by atoms with van der Waals surface area (Å²) in [5.41, 5.74) is 0.659. The molecule has 0 heterocycles. The molecule has 18 heavy (non-hydrogen) atoms. The van der Waals surface area contributed by atoms with E-state index in [4.69, 9.17) is 5.14 Å². The molecule has 8 heteroatoms. The van der Waals surface area contributed by atoms with Crippen molar-refractivity contribution in [3.05, 3.63) is 29.8 Å². The molecule has 0 atom stereocenters. The second kappa shape index (κ2) is 5.35. The van der Waals surface area contributed by atoms with Gasteiger partial charge in [0.2, 0.25) is 20.0 Å². The highest BCUT2D eigenvalue weighted by Crippen LogP contribution is 2.09. The normalized spacial score (nSPS) is 12.9. The molecule has 1 aromatic rings. The molecule has 0 saturated carbocycles. The average molecular weight is 292 g/mol. The van der Waals surface area contributed by atoms with Gasteiger partial charge in [-0.15, -0.1) is 0 Å². The van der Waals surface area contributed by atoms with Crippen LogP contribution in [0.2, 0.25) is 0 Å². The van der Waals surface area contributed by atoms with Crippen LogP contribution in [0.15, 0.2) is 29.2 Å². The largest absolute Gasteiger partial charge is 0.238 e. The summed E-state index contributed by atoms with van der Waals surface area (Å²) in [5, 5.41) is 4.44. The Bertz CT molecular complexity index is 604. The van der Waals surface area contributed by atoms with Gasteiger partial charge in [0.25, 0.3) is 0 Å². The fourth-order valence-electron chi connectivity index (χ4n) is 1.15. The van der Waals surface area contributed by atoms with Crippen molar-refractivity contribution < 1.29 is 16.8 Å². The van der Waals surface area contributed by atoms with E-state index < -0.39 is 25.3 Å². The van der Waals surface area contributed by atoms with Crippen molar-refractivity contribution in [2.24, 2.45) is 5.14 Å². The van der Waals surface area contributed by atoms with E-state index in [-0.39, 0.29) is 11.4 Å². The number of hydrogen-bond acceptors (Lipinski definition) is 4. The van der Waals surface area contributed by atoms with E-state index in [1.54, 1.807) is 13.8 Å². The summed E-state index contributed by atoms with van der Waals surface area (Å²) in [4.78, 5) is -0.00188. The van der Waals surface area contributed by atoms with Crippen LogP contribution in [-0.4, -0.2) is 22.1 Å². The standard InChI is InChI=1S/C10H16N2O4S2/c1-8(2)18(15,16)12-7-9-3-5-10(6-4-9)17(11,13)14/h3-6,8,12H,7H2,1-2H3,(H2,11,13,14). The van der Waals surface area contributed by atoms with Gasteiger partial charge in [-0.25, -0.2) is 26.7 Å². The molecule has 0 unspecified atom stereocenters. The molecule has 6 nitrogen and oxygen atoms in total. The van der Waals surface area contributed by atoms with Crippen molar-refractivity contribution in [1.29, 1.82) is 0 Å². The summed E-state index contributed by atoms with van der Waals surface area (Å²) < 4.78 is 47.5. The van der Waals surface area contributed by atoms with Crippen molar-refractivity contribution in [2.75, 3.05) is 0 Å². The summed E-state index contributed by atoms with van der Waals surface area (Å²) in [7, 11) is -7.04. The van der Waals surface area contributed by atoms with Crippen LogP contribution in [-0.2, 0) is 26.6 Å². The number of nitrogens with two attached hydrogens (primary N) is 1. The van der Waals surface area contributed by atoms with Crippen LogP contribution in [0.3, 0.4) is 0 Å². The van der Waals surface area contributed by atoms with Crippen LogP contribution in [0.1, 0.15) is 19.4 Å². The quantitative estimate of drug-likeness (QED) is 0.806. The molecule has 0 amide bonds. The van der Waals surface area contributed by atoms with Gasteiger partial charge in [-0.1, -0.05) is 12.1 Å². The van der Waals surface area contributed by atoms with Crippen molar-refractivity contribution in [3.8, 4) is 0 Å². The van der Waals surface area contributed by atoms with Crippen molar-refractivity contribution in [3.63, 3.8) is 0 Å². The Kier molecular flexibility index (Phi) is 4.49. The van der Waals surface area contributed by atoms with Gasteiger partial charge in [0.1, 0.15) is 0 Å². The van der Waals surface area contributed by atoms with Gasteiger partial charge in [-0.3, -0.25) is 0 Å². The number of hydrogen-bond donors (Lipinski definition) is 2. The molecular weight excluding hydrogens is 276 g/mol. The number of rotatable bonds is 5. The summed E-state index contributed by atoms with van der Waals surface area (Å²) >= 11 is 0. The fraction of sp³-hybridized carbons (Fsp3) is 0.400. The minimum absolute atomic E-state index is 0.00188. The lowest BCUT2D eigenvalue weighted by atomic mass is 10.2. The van der Waals surface area contributed by atoms with E-state index in [1.165, 1.54) is 24.3 Å². The summed E-state index contributed by atoms with van der Waals surface area (Å²) in [6.45, 7) is 3.27. The number of primary sulfonamides is 1. The van der Waals surface area contributed by atoms with Gasteiger partial charge in [-0.2, -0.15) is 0 Å². The third-order valence-electron chi connectivity index (χ3n) is 2.35. The van der Waals surface area contributed by atoms with Gasteiger partial charge in [0.15, 0.2) is 0 Å². The summed E-state index contributed by atoms with van der Waals surface area (Å²) in [6.07, 6.45) is 0. The van der Waals surface area contributed by atoms with E-state index >= 15 is 0 Å². The second-order valence-corrected chi connectivity index (χ2v) is 7.99. The molecule has 0 bridgehead atoms. The number of benzene rings is 1. The van der Waals surface area contributed by atoms with E-state index in [0.717, 1.165) is 0 Å². The Morgan fingerprint density at radius 2 is 1.61 bits per heavy atom. The molecule has 0 aliphatic heterocycles. The SMILES string of the molecule is CC(C)S(=O)(=O)NCc1ccc(S(N)(=O)=O)cc1. The van der Waals surface area contributed by atoms with E-state index in [9.17, 15) is 16.8 Å². The first-order chi connectivity index (χ1) is 8.13. The molecular formula is C10H16N2O4S2. The minimum Gasteiger partial charge on any atom is -0.225 e. The Morgan fingerprint density at radius 3 is 2.00 bits per heavy atom. The Labute approximate surface area is 107 Å². The zero-order valence-corrected chi connectivity index (χ0v) is 11.8. The van der Waals surface area contributed by atoms with Crippen LogP contribution in [0.25, 0.3) is 0 Å². The smallest absolute Gasteiger partial charge is 0.225 e. The Morgan fingerprint density at radius 1 is 1.11 bits per heavy atom. The maximum Gasteiger partial charge on any atom is 0.238 e. The van der Waals surface area contributed by atoms with Gasteiger partial charge < -0.3 is 0 Å². The van der Waals surface area contributed by atoms with Gasteiger partial charge >= 0.3 is 0 Å². The first-order valence-corrected chi connectivity index (χ1v) is 8.32. The minimum atomic E-state index is -3.72. The van der Waals surface area contributed by atoms with Gasteiger partial charge in [0, 0.05) is 6.54 Å². The third-order valence-corrected chi connectivity index (χ3v) is 5.07. The molecule has 0 saturated heterocycles. The lowest BCUT2D eigenvalue weighted by Gasteiger charge is -2.09. The number of nitrogens with one attached hydrogen (secondary N) is 1.